The highest BCUT2D eigenvalue weighted by molar-refractivity contribution is 6.20. The monoisotopic (exact) mass is 238 g/mol. The van der Waals surface area contributed by atoms with Gasteiger partial charge in [-0.05, 0) is 49.3 Å². The molecule has 2 unspecified atom stereocenters. The number of halogens is 1. The Morgan fingerprint density at radius 3 is 2.44 bits per heavy atom. The van der Waals surface area contributed by atoms with Crippen molar-refractivity contribution < 1.29 is 0 Å². The second-order valence-electron chi connectivity index (χ2n) is 4.97. The zero-order valence-corrected chi connectivity index (χ0v) is 11.6. The van der Waals surface area contributed by atoms with Crippen LogP contribution in [0.4, 0.5) is 0 Å². The molecule has 0 radical (unpaired) electrons. The Hall–Kier alpha value is -0.490. The molecule has 0 fully saturated rings. The van der Waals surface area contributed by atoms with E-state index in [0.29, 0.717) is 0 Å². The molecule has 1 aromatic rings. The lowest BCUT2D eigenvalue weighted by Crippen LogP contribution is -2.08. The first-order valence-corrected chi connectivity index (χ1v) is 6.66. The molecular formula is C15H23Cl. The van der Waals surface area contributed by atoms with Crippen LogP contribution in [-0.2, 0) is 6.42 Å². The van der Waals surface area contributed by atoms with Crippen LogP contribution in [0.5, 0.6) is 0 Å². The van der Waals surface area contributed by atoms with Gasteiger partial charge in [-0.3, -0.25) is 0 Å². The Balaban J connectivity index is 2.56. The van der Waals surface area contributed by atoms with Crippen molar-refractivity contribution in [1.29, 1.82) is 0 Å². The second-order valence-corrected chi connectivity index (χ2v) is 5.59. The van der Waals surface area contributed by atoms with Crippen molar-refractivity contribution in [3.8, 4) is 0 Å². The fourth-order valence-corrected chi connectivity index (χ4v) is 2.36. The molecular weight excluding hydrogens is 216 g/mol. The molecule has 0 N–H and O–H groups in total. The molecule has 0 nitrogen and oxygen atoms in total. The predicted octanol–water partition coefficient (Wildman–Crippen LogP) is 4.89. The van der Waals surface area contributed by atoms with E-state index in [9.17, 15) is 0 Å². The summed E-state index contributed by atoms with van der Waals surface area (Å²) in [6, 6.07) is 6.66. The minimum Gasteiger partial charge on any atom is -0.123 e. The molecule has 0 heterocycles. The van der Waals surface area contributed by atoms with E-state index in [0.717, 1.165) is 18.8 Å². The van der Waals surface area contributed by atoms with E-state index in [1.54, 1.807) is 0 Å². The van der Waals surface area contributed by atoms with Gasteiger partial charge in [0.25, 0.3) is 0 Å². The summed E-state index contributed by atoms with van der Waals surface area (Å²) in [4.78, 5) is 0. The SMILES string of the molecule is CCC(C)CC(Cl)Cc1ccc(C)c(C)c1. The Bertz CT molecular complexity index is 330. The standard InChI is InChI=1S/C15H23Cl/c1-5-11(2)8-15(16)10-14-7-6-12(3)13(4)9-14/h6-7,9,11,15H,5,8,10H2,1-4H3. The third-order valence-electron chi connectivity index (χ3n) is 3.38. The van der Waals surface area contributed by atoms with Crippen molar-refractivity contribution in [3.63, 3.8) is 0 Å². The molecule has 0 saturated heterocycles. The summed E-state index contributed by atoms with van der Waals surface area (Å²) in [5, 5.41) is 0.275. The Morgan fingerprint density at radius 1 is 1.19 bits per heavy atom. The molecule has 0 amide bonds. The van der Waals surface area contributed by atoms with E-state index < -0.39 is 0 Å². The Labute approximate surface area is 105 Å². The molecule has 1 aromatic carbocycles. The normalized spacial score (nSPS) is 14.8. The summed E-state index contributed by atoms with van der Waals surface area (Å²) in [5.74, 6) is 0.731. The predicted molar refractivity (Wildman–Crippen MR) is 73.3 cm³/mol. The number of benzene rings is 1. The quantitative estimate of drug-likeness (QED) is 0.641. The molecule has 0 aliphatic heterocycles. The van der Waals surface area contributed by atoms with Gasteiger partial charge in [0.15, 0.2) is 0 Å². The summed E-state index contributed by atoms with van der Waals surface area (Å²) in [7, 11) is 0. The summed E-state index contributed by atoms with van der Waals surface area (Å²) in [6.07, 6.45) is 3.33. The van der Waals surface area contributed by atoms with Gasteiger partial charge in [-0.1, -0.05) is 38.5 Å². The first kappa shape index (κ1) is 13.6. The second kappa shape index (κ2) is 6.30. The number of rotatable bonds is 5. The van der Waals surface area contributed by atoms with Gasteiger partial charge < -0.3 is 0 Å². The fourth-order valence-electron chi connectivity index (χ4n) is 1.87. The zero-order chi connectivity index (χ0) is 12.1. The van der Waals surface area contributed by atoms with E-state index >= 15 is 0 Å². The third-order valence-corrected chi connectivity index (χ3v) is 3.72. The van der Waals surface area contributed by atoms with E-state index in [1.807, 2.05) is 0 Å². The molecule has 90 valence electrons. The first-order chi connectivity index (χ1) is 7.52. The van der Waals surface area contributed by atoms with Crippen molar-refractivity contribution >= 4 is 11.6 Å². The molecule has 1 rings (SSSR count). The van der Waals surface area contributed by atoms with Crippen LogP contribution in [0.2, 0.25) is 0 Å². The van der Waals surface area contributed by atoms with E-state index in [2.05, 4.69) is 45.9 Å². The summed E-state index contributed by atoms with van der Waals surface area (Å²) in [5.41, 5.74) is 4.09. The molecule has 0 aliphatic rings. The molecule has 0 bridgehead atoms. The topological polar surface area (TPSA) is 0 Å². The highest BCUT2D eigenvalue weighted by atomic mass is 35.5. The average Bonchev–Trinajstić information content (AvgIpc) is 2.23. The zero-order valence-electron chi connectivity index (χ0n) is 10.9. The largest absolute Gasteiger partial charge is 0.123 e. The Morgan fingerprint density at radius 2 is 1.88 bits per heavy atom. The summed E-state index contributed by atoms with van der Waals surface area (Å²) >= 11 is 6.38. The van der Waals surface area contributed by atoms with Crippen LogP contribution < -0.4 is 0 Å². The maximum Gasteiger partial charge on any atom is 0.0378 e. The lowest BCUT2D eigenvalue weighted by atomic mass is 9.97. The van der Waals surface area contributed by atoms with Gasteiger partial charge in [0.1, 0.15) is 0 Å². The third kappa shape index (κ3) is 4.17. The maximum absolute atomic E-state index is 6.38. The minimum absolute atomic E-state index is 0.275. The lowest BCUT2D eigenvalue weighted by molar-refractivity contribution is 0.500. The van der Waals surface area contributed by atoms with Crippen LogP contribution in [0.25, 0.3) is 0 Å². The number of aryl methyl sites for hydroxylation is 2. The van der Waals surface area contributed by atoms with Crippen molar-refractivity contribution in [3.05, 3.63) is 34.9 Å². The van der Waals surface area contributed by atoms with Crippen LogP contribution in [-0.4, -0.2) is 5.38 Å². The lowest BCUT2D eigenvalue weighted by Gasteiger charge is -2.14. The van der Waals surface area contributed by atoms with Crippen LogP contribution in [0.15, 0.2) is 18.2 Å². The average molecular weight is 239 g/mol. The van der Waals surface area contributed by atoms with Gasteiger partial charge in [0.2, 0.25) is 0 Å². The minimum atomic E-state index is 0.275. The number of hydrogen-bond acceptors (Lipinski definition) is 0. The van der Waals surface area contributed by atoms with Crippen molar-refractivity contribution in [2.45, 2.75) is 52.3 Å². The summed E-state index contributed by atoms with van der Waals surface area (Å²) in [6.45, 7) is 8.81. The first-order valence-electron chi connectivity index (χ1n) is 6.23. The van der Waals surface area contributed by atoms with Crippen LogP contribution >= 0.6 is 11.6 Å². The van der Waals surface area contributed by atoms with Gasteiger partial charge in [-0.25, -0.2) is 0 Å². The maximum atomic E-state index is 6.38. The highest BCUT2D eigenvalue weighted by Gasteiger charge is 2.10. The molecule has 0 saturated carbocycles. The molecule has 2 atom stereocenters. The number of alkyl halides is 1. The molecule has 1 heteroatoms. The number of hydrogen-bond donors (Lipinski definition) is 0. The smallest absolute Gasteiger partial charge is 0.0378 e. The molecule has 0 aliphatic carbocycles. The fraction of sp³-hybridized carbons (Fsp3) is 0.600. The molecule has 16 heavy (non-hydrogen) atoms. The van der Waals surface area contributed by atoms with Gasteiger partial charge in [0, 0.05) is 5.38 Å². The van der Waals surface area contributed by atoms with Gasteiger partial charge >= 0.3 is 0 Å². The molecule has 0 aromatic heterocycles. The van der Waals surface area contributed by atoms with Crippen molar-refractivity contribution in [2.75, 3.05) is 0 Å². The van der Waals surface area contributed by atoms with Crippen LogP contribution in [0, 0.1) is 19.8 Å². The summed E-state index contributed by atoms with van der Waals surface area (Å²) < 4.78 is 0. The van der Waals surface area contributed by atoms with E-state index in [1.165, 1.54) is 23.1 Å². The Kier molecular flexibility index (Phi) is 5.34. The van der Waals surface area contributed by atoms with Crippen LogP contribution in [0.3, 0.4) is 0 Å². The highest BCUT2D eigenvalue weighted by Crippen LogP contribution is 2.19. The van der Waals surface area contributed by atoms with E-state index in [-0.39, 0.29) is 5.38 Å². The van der Waals surface area contributed by atoms with Crippen molar-refractivity contribution in [1.82, 2.24) is 0 Å². The van der Waals surface area contributed by atoms with Crippen molar-refractivity contribution in [2.24, 2.45) is 5.92 Å². The van der Waals surface area contributed by atoms with Gasteiger partial charge in [-0.2, -0.15) is 0 Å². The van der Waals surface area contributed by atoms with E-state index in [4.69, 9.17) is 11.6 Å². The van der Waals surface area contributed by atoms with Gasteiger partial charge in [0.05, 0.1) is 0 Å². The van der Waals surface area contributed by atoms with Gasteiger partial charge in [-0.15, -0.1) is 11.6 Å². The molecule has 0 spiro atoms. The van der Waals surface area contributed by atoms with Crippen LogP contribution in [0.1, 0.15) is 43.4 Å².